The lowest BCUT2D eigenvalue weighted by atomic mass is 10.1. The van der Waals surface area contributed by atoms with E-state index in [0.29, 0.717) is 12.2 Å². The number of aryl methyl sites for hydroxylation is 1. The second-order valence-electron chi connectivity index (χ2n) is 3.37. The Morgan fingerprint density at radius 1 is 1.50 bits per heavy atom. The fourth-order valence-corrected chi connectivity index (χ4v) is 1.62. The highest BCUT2D eigenvalue weighted by Crippen LogP contribution is 2.17. The molecular weight excluding hydrogens is 231 g/mol. The number of benzene rings is 1. The first-order valence-corrected chi connectivity index (χ1v) is 5.10. The zero-order chi connectivity index (χ0) is 11.5. The Morgan fingerprint density at radius 3 is 2.94 bits per heavy atom. The Kier molecular flexibility index (Phi) is 3.17. The Morgan fingerprint density at radius 2 is 2.31 bits per heavy atom. The van der Waals surface area contributed by atoms with Crippen LogP contribution < -0.4 is 4.84 Å². The first-order valence-electron chi connectivity index (χ1n) is 4.72. The van der Waals surface area contributed by atoms with Crippen LogP contribution in [0.5, 0.6) is 0 Å². The number of nitrogens with zero attached hydrogens (tertiary/aromatic N) is 3. The van der Waals surface area contributed by atoms with Crippen molar-refractivity contribution in [3.63, 3.8) is 0 Å². The van der Waals surface area contributed by atoms with Gasteiger partial charge in [-0.1, -0.05) is 11.3 Å². The van der Waals surface area contributed by atoms with Crippen molar-refractivity contribution in [3.8, 4) is 5.69 Å². The molecule has 0 atom stereocenters. The lowest BCUT2D eigenvalue weighted by molar-refractivity contribution is 0.622. The summed E-state index contributed by atoms with van der Waals surface area (Å²) in [7, 11) is 0. The number of halogens is 2. The van der Waals surface area contributed by atoms with E-state index < -0.39 is 0 Å². The maximum atomic E-state index is 13.2. The monoisotopic (exact) mass is 240 g/mol. The van der Waals surface area contributed by atoms with E-state index in [-0.39, 0.29) is 5.82 Å². The number of aromatic nitrogens is 3. The standard InChI is InChI=1S/C10H10ClFN4/c1-7-5-14-15-16(7)10-4-9(12)3-2-8(10)6-13-11/h2-5,13H,6H2,1H3. The summed E-state index contributed by atoms with van der Waals surface area (Å²) >= 11 is 5.46. The SMILES string of the molecule is Cc1cnnn1-c1cc(F)ccc1CNCl. The van der Waals surface area contributed by atoms with E-state index >= 15 is 0 Å². The minimum absolute atomic E-state index is 0.316. The van der Waals surface area contributed by atoms with E-state index in [9.17, 15) is 4.39 Å². The predicted molar refractivity (Wildman–Crippen MR) is 58.7 cm³/mol. The van der Waals surface area contributed by atoms with Crippen LogP contribution in [0.15, 0.2) is 24.4 Å². The van der Waals surface area contributed by atoms with Gasteiger partial charge in [-0.25, -0.2) is 13.9 Å². The van der Waals surface area contributed by atoms with Gasteiger partial charge in [0.25, 0.3) is 0 Å². The van der Waals surface area contributed by atoms with Crippen LogP contribution in [0.1, 0.15) is 11.3 Å². The molecule has 0 amide bonds. The van der Waals surface area contributed by atoms with Crippen molar-refractivity contribution in [2.24, 2.45) is 0 Å². The summed E-state index contributed by atoms with van der Waals surface area (Å²) in [5.41, 5.74) is 2.33. The second kappa shape index (κ2) is 4.59. The van der Waals surface area contributed by atoms with Crippen LogP contribution in [0.4, 0.5) is 4.39 Å². The van der Waals surface area contributed by atoms with Crippen LogP contribution in [0.25, 0.3) is 5.69 Å². The molecule has 1 aromatic heterocycles. The molecule has 0 fully saturated rings. The van der Waals surface area contributed by atoms with Gasteiger partial charge in [-0.05, 0) is 36.4 Å². The summed E-state index contributed by atoms with van der Waals surface area (Å²) in [5, 5.41) is 7.67. The summed E-state index contributed by atoms with van der Waals surface area (Å²) in [6.45, 7) is 2.28. The molecule has 4 nitrogen and oxygen atoms in total. The van der Waals surface area contributed by atoms with Gasteiger partial charge in [0, 0.05) is 6.54 Å². The third-order valence-electron chi connectivity index (χ3n) is 2.25. The van der Waals surface area contributed by atoms with E-state index in [4.69, 9.17) is 11.8 Å². The molecule has 1 N–H and O–H groups in total. The normalized spacial score (nSPS) is 10.7. The molecular formula is C10H10ClFN4. The number of nitrogens with one attached hydrogen (secondary N) is 1. The highest BCUT2D eigenvalue weighted by Gasteiger charge is 2.09. The van der Waals surface area contributed by atoms with Crippen molar-refractivity contribution in [2.45, 2.75) is 13.5 Å². The van der Waals surface area contributed by atoms with Crippen molar-refractivity contribution in [1.82, 2.24) is 19.8 Å². The van der Waals surface area contributed by atoms with Gasteiger partial charge in [-0.2, -0.15) is 0 Å². The smallest absolute Gasteiger partial charge is 0.125 e. The number of rotatable bonds is 3. The van der Waals surface area contributed by atoms with Gasteiger partial charge < -0.3 is 0 Å². The average molecular weight is 241 g/mol. The minimum Gasteiger partial charge on any atom is -0.229 e. The first-order chi connectivity index (χ1) is 7.72. The van der Waals surface area contributed by atoms with Crippen LogP contribution in [-0.4, -0.2) is 15.0 Å². The molecule has 0 unspecified atom stereocenters. The molecule has 1 heterocycles. The molecule has 6 heteroatoms. The third-order valence-corrected chi connectivity index (χ3v) is 2.39. The van der Waals surface area contributed by atoms with E-state index in [2.05, 4.69) is 15.1 Å². The molecule has 0 aliphatic heterocycles. The second-order valence-corrected chi connectivity index (χ2v) is 3.64. The quantitative estimate of drug-likeness (QED) is 0.834. The fourth-order valence-electron chi connectivity index (χ4n) is 1.48. The highest BCUT2D eigenvalue weighted by molar-refractivity contribution is 6.13. The predicted octanol–water partition coefficient (Wildman–Crippen LogP) is 1.96. The molecule has 0 saturated carbocycles. The summed E-state index contributed by atoms with van der Waals surface area (Å²) in [6.07, 6.45) is 1.61. The Hall–Kier alpha value is -1.46. The molecule has 2 aromatic rings. The summed E-state index contributed by atoms with van der Waals surface area (Å²) in [4.78, 5) is 2.51. The molecule has 0 aliphatic carbocycles. The van der Waals surface area contributed by atoms with Gasteiger partial charge in [-0.15, -0.1) is 5.10 Å². The Balaban J connectivity index is 2.53. The van der Waals surface area contributed by atoms with Gasteiger partial charge in [0.2, 0.25) is 0 Å². The lowest BCUT2D eigenvalue weighted by Gasteiger charge is -2.09. The van der Waals surface area contributed by atoms with Crippen LogP contribution in [0.3, 0.4) is 0 Å². The number of hydrogen-bond donors (Lipinski definition) is 1. The maximum absolute atomic E-state index is 13.2. The largest absolute Gasteiger partial charge is 0.229 e. The van der Waals surface area contributed by atoms with Crippen molar-refractivity contribution in [2.75, 3.05) is 0 Å². The van der Waals surface area contributed by atoms with Crippen LogP contribution >= 0.6 is 11.8 Å². The summed E-state index contributed by atoms with van der Waals surface area (Å²) < 4.78 is 14.8. The van der Waals surface area contributed by atoms with E-state index in [1.165, 1.54) is 12.1 Å². The molecule has 1 aromatic carbocycles. The van der Waals surface area contributed by atoms with Gasteiger partial charge >= 0.3 is 0 Å². The van der Waals surface area contributed by atoms with Crippen LogP contribution in [-0.2, 0) is 6.54 Å². The zero-order valence-corrected chi connectivity index (χ0v) is 9.37. The molecule has 0 radical (unpaired) electrons. The van der Waals surface area contributed by atoms with Crippen LogP contribution in [0.2, 0.25) is 0 Å². The van der Waals surface area contributed by atoms with Gasteiger partial charge in [0.05, 0.1) is 17.6 Å². The first kappa shape index (κ1) is 11.0. The molecule has 2 rings (SSSR count). The number of hydrogen-bond acceptors (Lipinski definition) is 3. The molecule has 16 heavy (non-hydrogen) atoms. The van der Waals surface area contributed by atoms with E-state index in [0.717, 1.165) is 11.3 Å². The average Bonchev–Trinajstić information content (AvgIpc) is 2.67. The van der Waals surface area contributed by atoms with Crippen molar-refractivity contribution >= 4 is 11.8 Å². The van der Waals surface area contributed by atoms with Crippen molar-refractivity contribution < 1.29 is 4.39 Å². The topological polar surface area (TPSA) is 42.7 Å². The molecule has 84 valence electrons. The Bertz CT molecular complexity index is 497. The zero-order valence-electron chi connectivity index (χ0n) is 8.61. The van der Waals surface area contributed by atoms with E-state index in [1.54, 1.807) is 16.9 Å². The maximum Gasteiger partial charge on any atom is 0.125 e. The molecule has 0 spiro atoms. The molecule has 0 bridgehead atoms. The molecule has 0 saturated heterocycles. The highest BCUT2D eigenvalue weighted by atomic mass is 35.5. The van der Waals surface area contributed by atoms with Crippen LogP contribution in [0, 0.1) is 12.7 Å². The minimum atomic E-state index is -0.316. The van der Waals surface area contributed by atoms with E-state index in [1.807, 2.05) is 6.92 Å². The fraction of sp³-hybridized carbons (Fsp3) is 0.200. The summed E-state index contributed by atoms with van der Waals surface area (Å²) in [5.74, 6) is -0.316. The van der Waals surface area contributed by atoms with Gasteiger partial charge in [0.15, 0.2) is 0 Å². The molecule has 0 aliphatic rings. The lowest BCUT2D eigenvalue weighted by Crippen LogP contribution is -2.08. The van der Waals surface area contributed by atoms with Gasteiger partial charge in [0.1, 0.15) is 5.82 Å². The van der Waals surface area contributed by atoms with Gasteiger partial charge in [-0.3, -0.25) is 0 Å². The van der Waals surface area contributed by atoms with Crippen molar-refractivity contribution in [3.05, 3.63) is 41.5 Å². The Labute approximate surface area is 97.1 Å². The third kappa shape index (κ3) is 2.05. The van der Waals surface area contributed by atoms with Crippen molar-refractivity contribution in [1.29, 1.82) is 0 Å². The summed E-state index contributed by atoms with van der Waals surface area (Å²) in [6, 6.07) is 4.46.